The molecule has 4 rings (SSSR count). The zero-order valence-electron chi connectivity index (χ0n) is 14.9. The molecule has 2 aromatic heterocycles. The summed E-state index contributed by atoms with van der Waals surface area (Å²) in [5.41, 5.74) is 3.83. The fourth-order valence-corrected chi connectivity index (χ4v) is 3.36. The van der Waals surface area contributed by atoms with Gasteiger partial charge in [0, 0.05) is 25.4 Å². The Morgan fingerprint density at radius 3 is 2.59 bits per heavy atom. The Balaban J connectivity index is 1.96. The van der Waals surface area contributed by atoms with Gasteiger partial charge in [-0.05, 0) is 17.7 Å². The molecule has 0 bridgehead atoms. The molecule has 2 aromatic carbocycles. The molecule has 0 radical (unpaired) electrons. The Hall–Kier alpha value is -2.89. The number of hydrogen-bond acceptors (Lipinski definition) is 4. The van der Waals surface area contributed by atoms with Crippen molar-refractivity contribution in [1.82, 2.24) is 14.5 Å². The van der Waals surface area contributed by atoms with Crippen LogP contribution in [0.25, 0.3) is 27.8 Å². The summed E-state index contributed by atoms with van der Waals surface area (Å²) in [5.74, 6) is 0.779. The van der Waals surface area contributed by atoms with E-state index in [4.69, 9.17) is 16.3 Å². The third kappa shape index (κ3) is 3.39. The van der Waals surface area contributed by atoms with Gasteiger partial charge in [-0.1, -0.05) is 54.1 Å². The SMILES string of the molecule is COCCNc1ncnc2c1c(-c1ccccc1)cn2-c1ccccc1Cl. The van der Waals surface area contributed by atoms with E-state index in [1.54, 1.807) is 13.4 Å². The Bertz CT molecular complexity index is 1060. The van der Waals surface area contributed by atoms with Crippen LogP contribution in [0.4, 0.5) is 5.82 Å². The van der Waals surface area contributed by atoms with Crippen molar-refractivity contribution in [3.05, 3.63) is 72.1 Å². The van der Waals surface area contributed by atoms with Gasteiger partial charge in [-0.2, -0.15) is 0 Å². The minimum atomic E-state index is 0.595. The number of halogens is 1. The molecule has 0 amide bonds. The molecule has 0 saturated carbocycles. The van der Waals surface area contributed by atoms with Crippen LogP contribution in [0.1, 0.15) is 0 Å². The highest BCUT2D eigenvalue weighted by Gasteiger charge is 2.18. The van der Waals surface area contributed by atoms with E-state index in [9.17, 15) is 0 Å². The van der Waals surface area contributed by atoms with Gasteiger partial charge in [-0.25, -0.2) is 9.97 Å². The summed E-state index contributed by atoms with van der Waals surface area (Å²) in [7, 11) is 1.68. The summed E-state index contributed by atoms with van der Waals surface area (Å²) in [6, 6.07) is 18.0. The van der Waals surface area contributed by atoms with Crippen molar-refractivity contribution < 1.29 is 4.74 Å². The van der Waals surface area contributed by atoms with E-state index >= 15 is 0 Å². The maximum Gasteiger partial charge on any atom is 0.150 e. The van der Waals surface area contributed by atoms with Crippen molar-refractivity contribution in [2.24, 2.45) is 0 Å². The third-order valence-electron chi connectivity index (χ3n) is 4.38. The van der Waals surface area contributed by atoms with Crippen LogP contribution in [0.2, 0.25) is 5.02 Å². The van der Waals surface area contributed by atoms with Crippen molar-refractivity contribution in [3.8, 4) is 16.8 Å². The lowest BCUT2D eigenvalue weighted by atomic mass is 10.1. The molecule has 136 valence electrons. The quantitative estimate of drug-likeness (QED) is 0.490. The van der Waals surface area contributed by atoms with E-state index in [1.165, 1.54) is 0 Å². The predicted molar refractivity (Wildman–Crippen MR) is 110 cm³/mol. The van der Waals surface area contributed by atoms with Crippen molar-refractivity contribution in [2.45, 2.75) is 0 Å². The molecule has 1 N–H and O–H groups in total. The summed E-state index contributed by atoms with van der Waals surface area (Å²) >= 11 is 6.46. The fourth-order valence-electron chi connectivity index (χ4n) is 3.13. The summed E-state index contributed by atoms with van der Waals surface area (Å²) in [6.07, 6.45) is 3.64. The molecule has 0 aliphatic rings. The van der Waals surface area contributed by atoms with Crippen LogP contribution in [-0.2, 0) is 4.74 Å². The largest absolute Gasteiger partial charge is 0.383 e. The summed E-state index contributed by atoms with van der Waals surface area (Å²) in [4.78, 5) is 9.03. The van der Waals surface area contributed by atoms with E-state index in [1.807, 2.05) is 47.0 Å². The molecular weight excluding hydrogens is 360 g/mol. The standard InChI is InChI=1S/C21H19ClN4O/c1-27-12-11-23-20-19-16(15-7-3-2-4-8-15)13-26(21(19)25-14-24-20)18-10-6-5-9-17(18)22/h2-10,13-14H,11-12H2,1H3,(H,23,24,25). The van der Waals surface area contributed by atoms with Gasteiger partial charge in [0.05, 0.1) is 22.7 Å². The molecule has 0 unspecified atom stereocenters. The number of nitrogens with zero attached hydrogens (tertiary/aromatic N) is 3. The van der Waals surface area contributed by atoms with Crippen LogP contribution in [0, 0.1) is 0 Å². The van der Waals surface area contributed by atoms with Gasteiger partial charge < -0.3 is 10.1 Å². The highest BCUT2D eigenvalue weighted by molar-refractivity contribution is 6.32. The Kier molecular flexibility index (Phi) is 5.05. The van der Waals surface area contributed by atoms with Crippen LogP contribution in [-0.4, -0.2) is 34.8 Å². The zero-order chi connectivity index (χ0) is 18.6. The van der Waals surface area contributed by atoms with Crippen LogP contribution in [0.5, 0.6) is 0 Å². The first kappa shape index (κ1) is 17.5. The second kappa shape index (κ2) is 7.78. The molecule has 0 saturated heterocycles. The number of fused-ring (bicyclic) bond motifs is 1. The lowest BCUT2D eigenvalue weighted by Gasteiger charge is -2.09. The summed E-state index contributed by atoms with van der Waals surface area (Å²) < 4.78 is 7.17. The first-order valence-corrected chi connectivity index (χ1v) is 9.06. The number of anilines is 1. The Morgan fingerprint density at radius 1 is 1.04 bits per heavy atom. The van der Waals surface area contributed by atoms with Gasteiger partial charge in [0.2, 0.25) is 0 Å². The number of nitrogens with one attached hydrogen (secondary N) is 1. The molecule has 0 atom stereocenters. The average Bonchev–Trinajstić information content (AvgIpc) is 3.10. The number of aromatic nitrogens is 3. The lowest BCUT2D eigenvalue weighted by molar-refractivity contribution is 0.210. The van der Waals surface area contributed by atoms with Gasteiger partial charge in [0.25, 0.3) is 0 Å². The van der Waals surface area contributed by atoms with Gasteiger partial charge in [-0.3, -0.25) is 4.57 Å². The molecule has 5 nitrogen and oxygen atoms in total. The minimum absolute atomic E-state index is 0.595. The monoisotopic (exact) mass is 378 g/mol. The van der Waals surface area contributed by atoms with Crippen LogP contribution in [0.3, 0.4) is 0 Å². The summed E-state index contributed by atoms with van der Waals surface area (Å²) in [5, 5.41) is 4.98. The first-order chi connectivity index (χ1) is 13.3. The number of rotatable bonds is 6. The highest BCUT2D eigenvalue weighted by atomic mass is 35.5. The summed E-state index contributed by atoms with van der Waals surface area (Å²) in [6.45, 7) is 1.26. The second-order valence-corrected chi connectivity index (χ2v) is 6.48. The molecule has 0 spiro atoms. The van der Waals surface area contributed by atoms with Gasteiger partial charge >= 0.3 is 0 Å². The molecule has 0 aliphatic heterocycles. The van der Waals surface area contributed by atoms with E-state index in [2.05, 4.69) is 33.6 Å². The predicted octanol–water partition coefficient (Wildman–Crippen LogP) is 4.80. The zero-order valence-corrected chi connectivity index (χ0v) is 15.6. The average molecular weight is 379 g/mol. The van der Waals surface area contributed by atoms with Gasteiger partial charge in [-0.15, -0.1) is 0 Å². The highest BCUT2D eigenvalue weighted by Crippen LogP contribution is 2.36. The van der Waals surface area contributed by atoms with Gasteiger partial charge in [0.1, 0.15) is 12.1 Å². The Labute approximate surface area is 162 Å². The minimum Gasteiger partial charge on any atom is -0.383 e. The van der Waals surface area contributed by atoms with E-state index in [0.717, 1.165) is 33.7 Å². The van der Waals surface area contributed by atoms with Crippen molar-refractivity contribution in [3.63, 3.8) is 0 Å². The van der Waals surface area contributed by atoms with Crippen LogP contribution >= 0.6 is 11.6 Å². The molecule has 2 heterocycles. The maximum atomic E-state index is 6.46. The second-order valence-electron chi connectivity index (χ2n) is 6.07. The van der Waals surface area contributed by atoms with Crippen molar-refractivity contribution in [2.75, 3.05) is 25.6 Å². The van der Waals surface area contributed by atoms with E-state index in [0.29, 0.717) is 18.2 Å². The number of methoxy groups -OCH3 is 1. The van der Waals surface area contributed by atoms with Crippen molar-refractivity contribution in [1.29, 1.82) is 0 Å². The lowest BCUT2D eigenvalue weighted by Crippen LogP contribution is -2.09. The number of para-hydroxylation sites is 1. The molecule has 4 aromatic rings. The smallest absolute Gasteiger partial charge is 0.150 e. The number of benzene rings is 2. The van der Waals surface area contributed by atoms with E-state index in [-0.39, 0.29) is 0 Å². The number of ether oxygens (including phenoxy) is 1. The number of hydrogen-bond donors (Lipinski definition) is 1. The molecule has 0 fully saturated rings. The van der Waals surface area contributed by atoms with Crippen molar-refractivity contribution >= 4 is 28.5 Å². The normalized spacial score (nSPS) is 11.0. The molecule has 6 heteroatoms. The van der Waals surface area contributed by atoms with E-state index < -0.39 is 0 Å². The molecular formula is C21H19ClN4O. The topological polar surface area (TPSA) is 52.0 Å². The Morgan fingerprint density at radius 2 is 1.81 bits per heavy atom. The van der Waals surface area contributed by atoms with Crippen LogP contribution < -0.4 is 5.32 Å². The van der Waals surface area contributed by atoms with Gasteiger partial charge in [0.15, 0.2) is 5.65 Å². The fraction of sp³-hybridized carbons (Fsp3) is 0.143. The maximum absolute atomic E-state index is 6.46. The first-order valence-electron chi connectivity index (χ1n) is 8.69. The molecule has 0 aliphatic carbocycles. The van der Waals surface area contributed by atoms with Crippen LogP contribution in [0.15, 0.2) is 67.1 Å². The third-order valence-corrected chi connectivity index (χ3v) is 4.70. The molecule has 27 heavy (non-hydrogen) atoms.